The first-order valence-electron chi connectivity index (χ1n) is 11.8. The molecular formula is C30H27N3O2. The smallest absolute Gasteiger partial charge is 0.258 e. The van der Waals surface area contributed by atoms with Gasteiger partial charge in [-0.25, -0.2) is 0 Å². The summed E-state index contributed by atoms with van der Waals surface area (Å²) in [6, 6.07) is 32.9. The molecule has 0 saturated heterocycles. The van der Waals surface area contributed by atoms with Crippen molar-refractivity contribution in [3.05, 3.63) is 120 Å². The van der Waals surface area contributed by atoms with Crippen molar-refractivity contribution in [3.63, 3.8) is 0 Å². The Hall–Kier alpha value is -4.38. The van der Waals surface area contributed by atoms with Gasteiger partial charge in [-0.05, 0) is 73.5 Å². The van der Waals surface area contributed by atoms with Crippen LogP contribution in [-0.2, 0) is 0 Å². The SMILES string of the molecule is Cc1ccccc1C(=O)Nc1ccc(C(=O)N2CCCN(c3ccccc3)c3ccccc32)cc1. The number of carbonyl (C=O) groups is 2. The maximum atomic E-state index is 13.6. The van der Waals surface area contributed by atoms with Crippen LogP contribution in [-0.4, -0.2) is 24.9 Å². The molecule has 0 bridgehead atoms. The van der Waals surface area contributed by atoms with E-state index < -0.39 is 0 Å². The van der Waals surface area contributed by atoms with Crippen molar-refractivity contribution < 1.29 is 9.59 Å². The van der Waals surface area contributed by atoms with Gasteiger partial charge < -0.3 is 15.1 Å². The quantitative estimate of drug-likeness (QED) is 0.381. The van der Waals surface area contributed by atoms with Gasteiger partial charge in [0.2, 0.25) is 0 Å². The lowest BCUT2D eigenvalue weighted by atomic mass is 10.1. The van der Waals surface area contributed by atoms with E-state index in [-0.39, 0.29) is 11.8 Å². The molecule has 0 radical (unpaired) electrons. The molecule has 1 heterocycles. The van der Waals surface area contributed by atoms with E-state index in [0.29, 0.717) is 23.4 Å². The number of amides is 2. The summed E-state index contributed by atoms with van der Waals surface area (Å²) in [5.41, 5.74) is 5.83. The summed E-state index contributed by atoms with van der Waals surface area (Å²) in [6.45, 7) is 3.37. The van der Waals surface area contributed by atoms with Gasteiger partial charge in [0.05, 0.1) is 11.4 Å². The summed E-state index contributed by atoms with van der Waals surface area (Å²) in [5, 5.41) is 2.92. The Kier molecular flexibility index (Phi) is 6.31. The van der Waals surface area contributed by atoms with Crippen molar-refractivity contribution in [1.82, 2.24) is 0 Å². The zero-order chi connectivity index (χ0) is 24.2. The second kappa shape index (κ2) is 9.85. The number of hydrogen-bond acceptors (Lipinski definition) is 3. The minimum atomic E-state index is -0.162. The number of benzene rings is 4. The Morgan fingerprint density at radius 2 is 1.37 bits per heavy atom. The van der Waals surface area contributed by atoms with E-state index >= 15 is 0 Å². The second-order valence-corrected chi connectivity index (χ2v) is 8.63. The highest BCUT2D eigenvalue weighted by Crippen LogP contribution is 2.37. The lowest BCUT2D eigenvalue weighted by molar-refractivity contribution is 0.0986. The summed E-state index contributed by atoms with van der Waals surface area (Å²) in [6.07, 6.45) is 0.847. The van der Waals surface area contributed by atoms with Gasteiger partial charge in [0.25, 0.3) is 11.8 Å². The highest BCUT2D eigenvalue weighted by Gasteiger charge is 2.26. The average Bonchev–Trinajstić information content (AvgIpc) is 3.09. The van der Waals surface area contributed by atoms with Crippen LogP contribution in [0.25, 0.3) is 0 Å². The fourth-order valence-electron chi connectivity index (χ4n) is 4.51. The molecule has 0 spiro atoms. The molecule has 35 heavy (non-hydrogen) atoms. The fourth-order valence-corrected chi connectivity index (χ4v) is 4.51. The first kappa shape index (κ1) is 22.4. The number of carbonyl (C=O) groups excluding carboxylic acids is 2. The van der Waals surface area contributed by atoms with Crippen LogP contribution in [0.15, 0.2) is 103 Å². The number of aryl methyl sites for hydroxylation is 1. The normalized spacial score (nSPS) is 13.1. The van der Waals surface area contributed by atoms with E-state index in [1.54, 1.807) is 30.3 Å². The third-order valence-electron chi connectivity index (χ3n) is 6.32. The van der Waals surface area contributed by atoms with Crippen LogP contribution in [0.5, 0.6) is 0 Å². The Bertz CT molecular complexity index is 1350. The zero-order valence-electron chi connectivity index (χ0n) is 19.6. The maximum absolute atomic E-state index is 13.6. The molecule has 0 fully saturated rings. The molecular weight excluding hydrogens is 434 g/mol. The number of rotatable bonds is 4. The third kappa shape index (κ3) is 4.66. The molecule has 174 valence electrons. The first-order valence-corrected chi connectivity index (χ1v) is 11.8. The van der Waals surface area contributed by atoms with Gasteiger partial charge in [-0.2, -0.15) is 0 Å². The molecule has 0 aliphatic carbocycles. The molecule has 5 heteroatoms. The second-order valence-electron chi connectivity index (χ2n) is 8.63. The van der Waals surface area contributed by atoms with E-state index in [1.165, 1.54) is 0 Å². The molecule has 5 nitrogen and oxygen atoms in total. The van der Waals surface area contributed by atoms with Gasteiger partial charge in [0.1, 0.15) is 0 Å². The van der Waals surface area contributed by atoms with Crippen LogP contribution >= 0.6 is 0 Å². The van der Waals surface area contributed by atoms with Crippen molar-refractivity contribution in [2.75, 3.05) is 28.2 Å². The Morgan fingerprint density at radius 1 is 0.714 bits per heavy atom. The summed E-state index contributed by atoms with van der Waals surface area (Å²) in [7, 11) is 0. The maximum Gasteiger partial charge on any atom is 0.258 e. The first-order chi connectivity index (χ1) is 17.1. The fraction of sp³-hybridized carbons (Fsp3) is 0.133. The minimum Gasteiger partial charge on any atom is -0.340 e. The number of fused-ring (bicyclic) bond motifs is 1. The van der Waals surface area contributed by atoms with Crippen molar-refractivity contribution in [2.24, 2.45) is 0 Å². The van der Waals surface area contributed by atoms with Crippen molar-refractivity contribution in [2.45, 2.75) is 13.3 Å². The van der Waals surface area contributed by atoms with Gasteiger partial charge in [-0.3, -0.25) is 9.59 Å². The van der Waals surface area contributed by atoms with Crippen LogP contribution in [0.1, 0.15) is 32.7 Å². The van der Waals surface area contributed by atoms with Crippen LogP contribution < -0.4 is 15.1 Å². The third-order valence-corrected chi connectivity index (χ3v) is 6.32. The van der Waals surface area contributed by atoms with Gasteiger partial charge >= 0.3 is 0 Å². The van der Waals surface area contributed by atoms with E-state index in [0.717, 1.165) is 35.6 Å². The largest absolute Gasteiger partial charge is 0.340 e. The summed E-state index contributed by atoms with van der Waals surface area (Å²) in [4.78, 5) is 30.3. The van der Waals surface area contributed by atoms with Crippen LogP contribution in [0, 0.1) is 6.92 Å². The molecule has 0 aromatic heterocycles. The van der Waals surface area contributed by atoms with E-state index in [1.807, 2.05) is 66.4 Å². The molecule has 1 aliphatic rings. The van der Waals surface area contributed by atoms with E-state index in [2.05, 4.69) is 28.4 Å². The highest BCUT2D eigenvalue weighted by atomic mass is 16.2. The van der Waals surface area contributed by atoms with Gasteiger partial charge in [-0.1, -0.05) is 48.5 Å². The molecule has 4 aromatic carbocycles. The zero-order valence-corrected chi connectivity index (χ0v) is 19.6. The van der Waals surface area contributed by atoms with Crippen LogP contribution in [0.3, 0.4) is 0 Å². The summed E-state index contributed by atoms with van der Waals surface area (Å²) in [5.74, 6) is -0.214. The average molecular weight is 462 g/mol. The Labute approximate surface area is 205 Å². The molecule has 0 saturated carbocycles. The Balaban J connectivity index is 1.37. The molecule has 2 amide bonds. The lowest BCUT2D eigenvalue weighted by Crippen LogP contribution is -2.31. The molecule has 1 aliphatic heterocycles. The number of nitrogens with one attached hydrogen (secondary N) is 1. The molecule has 5 rings (SSSR count). The summed E-state index contributed by atoms with van der Waals surface area (Å²) < 4.78 is 0. The molecule has 1 N–H and O–H groups in total. The van der Waals surface area contributed by atoms with Gasteiger partial charge in [-0.15, -0.1) is 0 Å². The molecule has 0 unspecified atom stereocenters. The van der Waals surface area contributed by atoms with E-state index in [4.69, 9.17) is 0 Å². The molecule has 0 atom stereocenters. The summed E-state index contributed by atoms with van der Waals surface area (Å²) >= 11 is 0. The van der Waals surface area contributed by atoms with Crippen molar-refractivity contribution in [3.8, 4) is 0 Å². The van der Waals surface area contributed by atoms with Gasteiger partial charge in [0.15, 0.2) is 0 Å². The minimum absolute atomic E-state index is 0.0517. The number of nitrogens with zero attached hydrogens (tertiary/aromatic N) is 2. The topological polar surface area (TPSA) is 52.7 Å². The van der Waals surface area contributed by atoms with E-state index in [9.17, 15) is 9.59 Å². The van der Waals surface area contributed by atoms with Crippen molar-refractivity contribution >= 4 is 34.6 Å². The highest BCUT2D eigenvalue weighted by molar-refractivity contribution is 6.09. The van der Waals surface area contributed by atoms with Gasteiger partial charge in [0, 0.05) is 35.6 Å². The lowest BCUT2D eigenvalue weighted by Gasteiger charge is -2.27. The van der Waals surface area contributed by atoms with Crippen LogP contribution in [0.4, 0.5) is 22.7 Å². The monoisotopic (exact) mass is 461 g/mol. The number of para-hydroxylation sites is 3. The number of anilines is 4. The van der Waals surface area contributed by atoms with Crippen LogP contribution in [0.2, 0.25) is 0 Å². The standard InChI is InChI=1S/C30H27N3O2/c1-22-10-5-6-13-26(22)29(34)31-24-18-16-23(17-19-24)30(35)33-21-9-20-32(25-11-3-2-4-12-25)27-14-7-8-15-28(27)33/h2-8,10-19H,9,20-21H2,1H3,(H,31,34). The predicted octanol–water partition coefficient (Wildman–Crippen LogP) is 6.44. The molecule has 4 aromatic rings. The predicted molar refractivity (Wildman–Crippen MR) is 142 cm³/mol. The van der Waals surface area contributed by atoms with Crippen molar-refractivity contribution in [1.29, 1.82) is 0 Å². The Morgan fingerprint density at radius 3 is 2.11 bits per heavy atom. The number of hydrogen-bond donors (Lipinski definition) is 1.